The summed E-state index contributed by atoms with van der Waals surface area (Å²) in [6.45, 7) is 2.92. The molecular formula is C13H20N2O. The molecule has 1 aliphatic carbocycles. The maximum absolute atomic E-state index is 11.9. The number of amides is 1. The van der Waals surface area contributed by atoms with E-state index in [9.17, 15) is 4.79 Å². The highest BCUT2D eigenvalue weighted by Gasteiger charge is 2.36. The maximum Gasteiger partial charge on any atom is 0.224 e. The molecule has 1 heterocycles. The second-order valence-electron chi connectivity index (χ2n) is 5.26. The highest BCUT2D eigenvalue weighted by atomic mass is 16.2. The molecule has 3 nitrogen and oxygen atoms in total. The van der Waals surface area contributed by atoms with Crippen molar-refractivity contribution in [1.29, 1.82) is 5.26 Å². The third kappa shape index (κ3) is 2.21. The zero-order valence-corrected chi connectivity index (χ0v) is 9.98. The van der Waals surface area contributed by atoms with Gasteiger partial charge in [-0.2, -0.15) is 5.26 Å². The second kappa shape index (κ2) is 4.86. The van der Waals surface area contributed by atoms with Gasteiger partial charge in [-0.15, -0.1) is 0 Å². The molecule has 0 aromatic heterocycles. The Morgan fingerprint density at radius 3 is 2.75 bits per heavy atom. The number of carbonyl (C=O) groups is 1. The monoisotopic (exact) mass is 220 g/mol. The van der Waals surface area contributed by atoms with Crippen LogP contribution in [0.15, 0.2) is 0 Å². The molecule has 0 N–H and O–H groups in total. The summed E-state index contributed by atoms with van der Waals surface area (Å²) < 4.78 is 0. The van der Waals surface area contributed by atoms with E-state index in [0.717, 1.165) is 6.42 Å². The Kier molecular flexibility index (Phi) is 3.48. The van der Waals surface area contributed by atoms with Crippen molar-refractivity contribution < 1.29 is 4.79 Å². The van der Waals surface area contributed by atoms with Gasteiger partial charge in [-0.3, -0.25) is 4.79 Å². The third-order valence-electron chi connectivity index (χ3n) is 4.06. The van der Waals surface area contributed by atoms with E-state index in [1.54, 1.807) is 0 Å². The molecule has 0 aromatic carbocycles. The SMILES string of the molecule is CC1CCCCCC1N1CC(C#N)CC1=O. The van der Waals surface area contributed by atoms with Gasteiger partial charge in [0.1, 0.15) is 0 Å². The van der Waals surface area contributed by atoms with Crippen molar-refractivity contribution in [2.45, 2.75) is 51.5 Å². The summed E-state index contributed by atoms with van der Waals surface area (Å²) in [5, 5.41) is 8.89. The Morgan fingerprint density at radius 1 is 1.31 bits per heavy atom. The van der Waals surface area contributed by atoms with Crippen LogP contribution in [-0.2, 0) is 4.79 Å². The lowest BCUT2D eigenvalue weighted by Crippen LogP contribution is -2.40. The minimum absolute atomic E-state index is 0.0667. The van der Waals surface area contributed by atoms with Crippen LogP contribution in [0.4, 0.5) is 0 Å². The van der Waals surface area contributed by atoms with Crippen LogP contribution in [0.2, 0.25) is 0 Å². The number of rotatable bonds is 1. The topological polar surface area (TPSA) is 44.1 Å². The van der Waals surface area contributed by atoms with Gasteiger partial charge in [0.15, 0.2) is 0 Å². The van der Waals surface area contributed by atoms with Crippen molar-refractivity contribution in [2.75, 3.05) is 6.54 Å². The largest absolute Gasteiger partial charge is 0.338 e. The predicted octanol–water partition coefficient (Wildman–Crippen LogP) is 2.33. The Labute approximate surface area is 97.4 Å². The Hall–Kier alpha value is -1.04. The van der Waals surface area contributed by atoms with Gasteiger partial charge < -0.3 is 4.90 Å². The molecule has 3 unspecified atom stereocenters. The zero-order valence-electron chi connectivity index (χ0n) is 9.98. The van der Waals surface area contributed by atoms with Crippen LogP contribution in [0.3, 0.4) is 0 Å². The van der Waals surface area contributed by atoms with Gasteiger partial charge in [0.25, 0.3) is 0 Å². The predicted molar refractivity (Wildman–Crippen MR) is 61.5 cm³/mol. The van der Waals surface area contributed by atoms with Gasteiger partial charge in [0.05, 0.1) is 12.0 Å². The van der Waals surface area contributed by atoms with Crippen molar-refractivity contribution in [3.05, 3.63) is 0 Å². The standard InChI is InChI=1S/C13H20N2O/c1-10-5-3-2-4-6-12(10)15-9-11(8-14)7-13(15)16/h10-12H,2-7,9H2,1H3. The molecular weight excluding hydrogens is 200 g/mol. The maximum atomic E-state index is 11.9. The molecule has 2 rings (SSSR count). The first kappa shape index (κ1) is 11.4. The molecule has 0 spiro atoms. The number of likely N-dealkylation sites (tertiary alicyclic amines) is 1. The molecule has 1 amide bonds. The first-order valence-corrected chi connectivity index (χ1v) is 6.41. The molecule has 1 aliphatic heterocycles. The number of nitrogens with zero attached hydrogens (tertiary/aromatic N) is 2. The van der Waals surface area contributed by atoms with E-state index >= 15 is 0 Å². The molecule has 0 bridgehead atoms. The Balaban J connectivity index is 2.05. The van der Waals surface area contributed by atoms with Crippen molar-refractivity contribution in [3.8, 4) is 6.07 Å². The van der Waals surface area contributed by atoms with Gasteiger partial charge in [-0.1, -0.05) is 26.2 Å². The first-order chi connectivity index (χ1) is 7.72. The van der Waals surface area contributed by atoms with Crippen molar-refractivity contribution in [3.63, 3.8) is 0 Å². The molecule has 2 fully saturated rings. The molecule has 0 radical (unpaired) electrons. The summed E-state index contributed by atoms with van der Waals surface area (Å²) in [4.78, 5) is 13.9. The number of nitriles is 1. The van der Waals surface area contributed by atoms with E-state index in [1.165, 1.54) is 25.7 Å². The van der Waals surface area contributed by atoms with Crippen LogP contribution in [-0.4, -0.2) is 23.4 Å². The molecule has 1 saturated carbocycles. The summed E-state index contributed by atoms with van der Waals surface area (Å²) in [6, 6.07) is 2.63. The van der Waals surface area contributed by atoms with Gasteiger partial charge in [0.2, 0.25) is 5.91 Å². The fourth-order valence-corrected chi connectivity index (χ4v) is 3.08. The van der Waals surface area contributed by atoms with E-state index in [4.69, 9.17) is 5.26 Å². The fraction of sp³-hybridized carbons (Fsp3) is 0.846. The Morgan fingerprint density at radius 2 is 2.06 bits per heavy atom. The first-order valence-electron chi connectivity index (χ1n) is 6.41. The minimum Gasteiger partial charge on any atom is -0.338 e. The van der Waals surface area contributed by atoms with Crippen LogP contribution in [0, 0.1) is 23.2 Å². The van der Waals surface area contributed by atoms with Gasteiger partial charge >= 0.3 is 0 Å². The summed E-state index contributed by atoms with van der Waals surface area (Å²) in [5.41, 5.74) is 0. The molecule has 0 aromatic rings. The fourth-order valence-electron chi connectivity index (χ4n) is 3.08. The quantitative estimate of drug-likeness (QED) is 0.636. The summed E-state index contributed by atoms with van der Waals surface area (Å²) in [5.74, 6) is 0.733. The highest BCUT2D eigenvalue weighted by Crippen LogP contribution is 2.31. The Bertz CT molecular complexity index is 308. The van der Waals surface area contributed by atoms with Crippen molar-refractivity contribution >= 4 is 5.91 Å². The van der Waals surface area contributed by atoms with E-state index in [-0.39, 0.29) is 11.8 Å². The van der Waals surface area contributed by atoms with E-state index in [2.05, 4.69) is 13.0 Å². The van der Waals surface area contributed by atoms with Crippen molar-refractivity contribution in [2.24, 2.45) is 11.8 Å². The van der Waals surface area contributed by atoms with E-state index in [0.29, 0.717) is 24.9 Å². The smallest absolute Gasteiger partial charge is 0.224 e. The average molecular weight is 220 g/mol. The lowest BCUT2D eigenvalue weighted by Gasteiger charge is -2.31. The highest BCUT2D eigenvalue weighted by molar-refractivity contribution is 5.79. The molecule has 16 heavy (non-hydrogen) atoms. The molecule has 3 heteroatoms. The number of hydrogen-bond donors (Lipinski definition) is 0. The average Bonchev–Trinajstić information content (AvgIpc) is 2.51. The minimum atomic E-state index is -0.0667. The van der Waals surface area contributed by atoms with E-state index in [1.807, 2.05) is 4.90 Å². The van der Waals surface area contributed by atoms with Crippen molar-refractivity contribution in [1.82, 2.24) is 4.90 Å². The summed E-state index contributed by atoms with van der Waals surface area (Å²) in [7, 11) is 0. The number of carbonyl (C=O) groups excluding carboxylic acids is 1. The summed E-state index contributed by atoms with van der Waals surface area (Å²) >= 11 is 0. The molecule has 88 valence electrons. The van der Waals surface area contributed by atoms with Crippen LogP contribution < -0.4 is 0 Å². The molecule has 1 saturated heterocycles. The number of hydrogen-bond acceptors (Lipinski definition) is 2. The van der Waals surface area contributed by atoms with Crippen LogP contribution >= 0.6 is 0 Å². The zero-order chi connectivity index (χ0) is 11.5. The van der Waals surface area contributed by atoms with Gasteiger partial charge in [-0.25, -0.2) is 0 Å². The normalized spacial score (nSPS) is 35.9. The third-order valence-corrected chi connectivity index (χ3v) is 4.06. The second-order valence-corrected chi connectivity index (χ2v) is 5.26. The van der Waals surface area contributed by atoms with Gasteiger partial charge in [0, 0.05) is 19.0 Å². The molecule has 3 atom stereocenters. The van der Waals surface area contributed by atoms with Crippen LogP contribution in [0.5, 0.6) is 0 Å². The lowest BCUT2D eigenvalue weighted by molar-refractivity contribution is -0.130. The van der Waals surface area contributed by atoms with Crippen LogP contribution in [0.1, 0.15) is 45.4 Å². The lowest BCUT2D eigenvalue weighted by atomic mass is 9.95. The van der Waals surface area contributed by atoms with Crippen LogP contribution in [0.25, 0.3) is 0 Å². The van der Waals surface area contributed by atoms with Gasteiger partial charge in [-0.05, 0) is 18.8 Å². The molecule has 2 aliphatic rings. The van der Waals surface area contributed by atoms with E-state index < -0.39 is 0 Å². The summed E-state index contributed by atoms with van der Waals surface area (Å²) in [6.07, 6.45) is 6.62.